The van der Waals surface area contributed by atoms with Gasteiger partial charge in [-0.25, -0.2) is 18.0 Å². The fraction of sp³-hybridized carbons (Fsp3) is 0.409. The van der Waals surface area contributed by atoms with Crippen molar-refractivity contribution < 1.29 is 61.7 Å². The molecule has 0 spiro atoms. The maximum Gasteiger partial charge on any atom is 0.471 e. The largest absolute Gasteiger partial charge is 0.480 e. The number of fused-ring (bicyclic) bond motifs is 1. The lowest BCUT2D eigenvalue weighted by molar-refractivity contribution is -0.138. The number of phosphoric acid groups is 1. The number of halogens is 1. The smallest absolute Gasteiger partial charge is 0.471 e. The first-order chi connectivity index (χ1) is 19.7. The summed E-state index contributed by atoms with van der Waals surface area (Å²) in [5, 5.41) is 45.5. The number of carboxylic acid groups (broad SMARTS) is 1. The summed E-state index contributed by atoms with van der Waals surface area (Å²) in [5.74, 6) is -1.36. The van der Waals surface area contributed by atoms with Gasteiger partial charge in [-0.2, -0.15) is 10.2 Å². The van der Waals surface area contributed by atoms with Crippen molar-refractivity contribution in [1.29, 1.82) is 5.41 Å². The van der Waals surface area contributed by atoms with Crippen LogP contribution < -0.4 is 15.1 Å². The van der Waals surface area contributed by atoms with Crippen LogP contribution in [0.1, 0.15) is 18.7 Å². The lowest BCUT2D eigenvalue weighted by atomic mass is 9.96. The van der Waals surface area contributed by atoms with E-state index in [4.69, 9.17) is 29.0 Å². The van der Waals surface area contributed by atoms with Crippen molar-refractivity contribution in [3.05, 3.63) is 60.0 Å². The molecule has 1 aliphatic heterocycles. The number of aromatic nitrogens is 3. The number of para-hydroxylation sites is 1. The van der Waals surface area contributed by atoms with Crippen LogP contribution in [-0.2, 0) is 34.4 Å². The van der Waals surface area contributed by atoms with E-state index in [1.54, 1.807) is 18.2 Å². The van der Waals surface area contributed by atoms with Crippen molar-refractivity contribution in [1.82, 2.24) is 19.3 Å². The number of phosphoric ester groups is 1. The van der Waals surface area contributed by atoms with E-state index in [-0.39, 0.29) is 22.4 Å². The molecule has 230 valence electrons. The standard InChI is InChI=1S/C22H28FN5O12P2/c1-13(21(31)32)26-41(33,40-14-5-3-2-4-6-14)37-10-22(9-23)19(30)17(29)18(39-22)15-7-8-16-20(24)27(11-25-28(15)16)12-38-42(34,35)36/h2-8,11,13,17-19,24,29-30H,9-10,12H2,1H3,(H,26,33)(H,31,32)(H2,34,35,36)/t13-,17-,18-,19-,22+,41?/m0/s1. The molecule has 0 saturated carbocycles. The maximum absolute atomic E-state index is 14.5. The van der Waals surface area contributed by atoms with E-state index >= 15 is 0 Å². The normalized spacial score (nSPS) is 24.9. The Balaban J connectivity index is 1.59. The molecule has 1 aromatic carbocycles. The van der Waals surface area contributed by atoms with Gasteiger partial charge in [0, 0.05) is 0 Å². The van der Waals surface area contributed by atoms with Gasteiger partial charge < -0.3 is 34.4 Å². The molecule has 1 saturated heterocycles. The number of hydrogen-bond acceptors (Lipinski definition) is 11. The number of rotatable bonds is 13. The Bertz CT molecular complexity index is 1580. The number of aliphatic hydroxyl groups excluding tert-OH is 2. The van der Waals surface area contributed by atoms with Crippen LogP contribution >= 0.6 is 15.6 Å². The van der Waals surface area contributed by atoms with Crippen LogP contribution in [-0.4, -0.2) is 82.4 Å². The summed E-state index contributed by atoms with van der Waals surface area (Å²) in [6.45, 7) is -1.93. The third-order valence-corrected chi connectivity index (χ3v) is 8.38. The van der Waals surface area contributed by atoms with Crippen molar-refractivity contribution in [3.8, 4) is 5.75 Å². The number of benzene rings is 1. The zero-order valence-electron chi connectivity index (χ0n) is 21.8. The fourth-order valence-electron chi connectivity index (χ4n) is 4.09. The van der Waals surface area contributed by atoms with Gasteiger partial charge in [0.15, 0.2) is 5.49 Å². The summed E-state index contributed by atoms with van der Waals surface area (Å²) in [4.78, 5) is 29.2. The Kier molecular flexibility index (Phi) is 9.34. The molecule has 1 fully saturated rings. The van der Waals surface area contributed by atoms with Gasteiger partial charge in [0.2, 0.25) is 0 Å². The monoisotopic (exact) mass is 635 g/mol. The topological polar surface area (TPSA) is 247 Å². The Morgan fingerprint density at radius 2 is 1.90 bits per heavy atom. The minimum Gasteiger partial charge on any atom is -0.480 e. The van der Waals surface area contributed by atoms with E-state index in [2.05, 4.69) is 14.7 Å². The summed E-state index contributed by atoms with van der Waals surface area (Å²) in [5.41, 5.74) is -2.46. The molecule has 17 nitrogen and oxygen atoms in total. The summed E-state index contributed by atoms with van der Waals surface area (Å²) in [6.07, 6.45) is -4.15. The van der Waals surface area contributed by atoms with Gasteiger partial charge in [-0.3, -0.25) is 23.8 Å². The minimum atomic E-state index is -4.84. The molecule has 4 rings (SSSR count). The van der Waals surface area contributed by atoms with E-state index in [1.165, 1.54) is 31.2 Å². The van der Waals surface area contributed by atoms with Crippen molar-refractivity contribution in [2.45, 2.75) is 43.6 Å². The number of nitrogens with zero attached hydrogens (tertiary/aromatic N) is 3. The van der Waals surface area contributed by atoms with Gasteiger partial charge in [-0.1, -0.05) is 18.2 Å². The number of aliphatic carboxylic acids is 1. The molecular formula is C22H28FN5O12P2. The molecule has 1 aliphatic rings. The maximum atomic E-state index is 14.5. The van der Waals surface area contributed by atoms with Crippen LogP contribution in [0.3, 0.4) is 0 Å². The number of alkyl halides is 1. The van der Waals surface area contributed by atoms with Gasteiger partial charge in [0.25, 0.3) is 0 Å². The minimum absolute atomic E-state index is 0.0337. The number of aliphatic hydroxyl groups is 2. The van der Waals surface area contributed by atoms with Gasteiger partial charge >= 0.3 is 21.5 Å². The zero-order chi connectivity index (χ0) is 30.9. The van der Waals surface area contributed by atoms with Crippen molar-refractivity contribution in [2.24, 2.45) is 0 Å². The first kappa shape index (κ1) is 31.9. The van der Waals surface area contributed by atoms with E-state index in [0.717, 1.165) is 15.4 Å². The van der Waals surface area contributed by atoms with Crippen molar-refractivity contribution >= 4 is 27.1 Å². The number of hydrogen-bond donors (Lipinski definition) is 7. The second-order valence-electron chi connectivity index (χ2n) is 9.29. The lowest BCUT2D eigenvalue weighted by Gasteiger charge is -2.31. The highest BCUT2D eigenvalue weighted by atomic mass is 31.2. The average molecular weight is 635 g/mol. The first-order valence-electron chi connectivity index (χ1n) is 12.1. The SMILES string of the molecule is C[C@H](NP(=O)(OC[C@@]1(CF)O[C@@H](c2ccc3c(=N)n(COP(=O)(O)O)cnn23)[C@H](O)[C@@H]1O)Oc1ccccc1)C(=O)O. The number of carboxylic acids is 1. The lowest BCUT2D eigenvalue weighted by Crippen LogP contribution is -2.49. The molecule has 20 heteroatoms. The van der Waals surface area contributed by atoms with E-state index < -0.39 is 71.5 Å². The van der Waals surface area contributed by atoms with Gasteiger partial charge in [0.1, 0.15) is 61.0 Å². The molecule has 42 heavy (non-hydrogen) atoms. The third-order valence-electron chi connectivity index (χ3n) is 6.31. The Labute approximate surface area is 236 Å². The summed E-state index contributed by atoms with van der Waals surface area (Å²) in [6, 6.07) is 8.89. The fourth-order valence-corrected chi connectivity index (χ4v) is 5.92. The second kappa shape index (κ2) is 12.3. The molecular weight excluding hydrogens is 607 g/mol. The predicted octanol–water partition coefficient (Wildman–Crippen LogP) is 0.450. The van der Waals surface area contributed by atoms with Crippen LogP contribution in [0, 0.1) is 5.41 Å². The van der Waals surface area contributed by atoms with Crippen LogP contribution in [0.15, 0.2) is 48.8 Å². The van der Waals surface area contributed by atoms with E-state index in [0.29, 0.717) is 0 Å². The molecule has 7 N–H and O–H groups in total. The van der Waals surface area contributed by atoms with E-state index in [9.17, 15) is 33.6 Å². The average Bonchev–Trinajstić information content (AvgIpc) is 3.47. The number of ether oxygens (including phenoxy) is 1. The van der Waals surface area contributed by atoms with Gasteiger partial charge in [-0.05, 0) is 31.2 Å². The van der Waals surface area contributed by atoms with Crippen LogP contribution in [0.4, 0.5) is 4.39 Å². The third kappa shape index (κ3) is 6.79. The molecule has 6 atom stereocenters. The Hall–Kier alpha value is -3.02. The summed E-state index contributed by atoms with van der Waals surface area (Å²) in [7, 11) is -9.38. The summed E-state index contributed by atoms with van der Waals surface area (Å²) >= 11 is 0. The van der Waals surface area contributed by atoms with Crippen LogP contribution in [0.25, 0.3) is 5.52 Å². The second-order valence-corrected chi connectivity index (χ2v) is 12.2. The summed E-state index contributed by atoms with van der Waals surface area (Å²) < 4.78 is 62.1. The highest BCUT2D eigenvalue weighted by molar-refractivity contribution is 7.52. The van der Waals surface area contributed by atoms with Crippen molar-refractivity contribution in [3.63, 3.8) is 0 Å². The zero-order valence-corrected chi connectivity index (χ0v) is 23.5. The molecule has 2 aromatic heterocycles. The molecule has 0 amide bonds. The van der Waals surface area contributed by atoms with Crippen LogP contribution in [0.2, 0.25) is 0 Å². The number of carbonyl (C=O) groups is 1. The molecule has 0 aliphatic carbocycles. The van der Waals surface area contributed by atoms with Crippen LogP contribution in [0.5, 0.6) is 5.75 Å². The quantitative estimate of drug-likeness (QED) is 0.126. The highest BCUT2D eigenvalue weighted by Gasteiger charge is 2.57. The molecule has 0 bridgehead atoms. The van der Waals surface area contributed by atoms with Gasteiger partial charge in [-0.15, -0.1) is 0 Å². The molecule has 3 heterocycles. The van der Waals surface area contributed by atoms with E-state index in [1.807, 2.05) is 0 Å². The van der Waals surface area contributed by atoms with Crippen molar-refractivity contribution in [2.75, 3.05) is 13.3 Å². The molecule has 3 aromatic rings. The number of nitrogens with one attached hydrogen (secondary N) is 2. The van der Waals surface area contributed by atoms with Gasteiger partial charge in [0.05, 0.1) is 12.3 Å². The Morgan fingerprint density at radius 1 is 1.21 bits per heavy atom. The first-order valence-corrected chi connectivity index (χ1v) is 15.2. The molecule has 1 unspecified atom stereocenters. The highest BCUT2D eigenvalue weighted by Crippen LogP contribution is 2.48. The predicted molar refractivity (Wildman–Crippen MR) is 138 cm³/mol. The molecule has 0 radical (unpaired) electrons. The Morgan fingerprint density at radius 3 is 2.52 bits per heavy atom.